The maximum Gasteiger partial charge on any atom is 0.416 e. The van der Waals surface area contributed by atoms with Crippen LogP contribution in [-0.4, -0.2) is 6.04 Å². The zero-order valence-electron chi connectivity index (χ0n) is 8.81. The van der Waals surface area contributed by atoms with Crippen molar-refractivity contribution in [3.63, 3.8) is 0 Å². The van der Waals surface area contributed by atoms with E-state index in [9.17, 15) is 17.6 Å². The molecular formula is C11H13F4N. The van der Waals surface area contributed by atoms with Gasteiger partial charge >= 0.3 is 6.18 Å². The standard InChI is InChI=1S/C11H13F4N/c1-2-9(16)6-7-5-8(12)3-4-10(7)11(13,14)15/h3-5,9H,2,6,16H2,1H3. The number of benzene rings is 1. The zero-order chi connectivity index (χ0) is 12.3. The zero-order valence-corrected chi connectivity index (χ0v) is 8.81. The van der Waals surface area contributed by atoms with Crippen molar-refractivity contribution in [1.82, 2.24) is 0 Å². The summed E-state index contributed by atoms with van der Waals surface area (Å²) in [5.74, 6) is -0.675. The van der Waals surface area contributed by atoms with Crippen LogP contribution in [0.15, 0.2) is 18.2 Å². The van der Waals surface area contributed by atoms with Crippen LogP contribution < -0.4 is 5.73 Å². The first-order chi connectivity index (χ1) is 7.34. The Bertz CT molecular complexity index is 359. The molecule has 1 unspecified atom stereocenters. The third kappa shape index (κ3) is 3.20. The number of halogens is 4. The fourth-order valence-corrected chi connectivity index (χ4v) is 1.43. The molecule has 0 saturated carbocycles. The largest absolute Gasteiger partial charge is 0.416 e. The van der Waals surface area contributed by atoms with Crippen molar-refractivity contribution >= 4 is 0 Å². The van der Waals surface area contributed by atoms with E-state index >= 15 is 0 Å². The van der Waals surface area contributed by atoms with Crippen LogP contribution in [0.5, 0.6) is 0 Å². The Morgan fingerprint density at radius 2 is 1.94 bits per heavy atom. The van der Waals surface area contributed by atoms with Gasteiger partial charge in [0.15, 0.2) is 0 Å². The van der Waals surface area contributed by atoms with Gasteiger partial charge in [-0.15, -0.1) is 0 Å². The maximum absolute atomic E-state index is 12.9. The Labute approximate surface area is 91.3 Å². The molecule has 0 bridgehead atoms. The van der Waals surface area contributed by atoms with Crippen LogP contribution in [0.1, 0.15) is 24.5 Å². The highest BCUT2D eigenvalue weighted by atomic mass is 19.4. The van der Waals surface area contributed by atoms with Gasteiger partial charge in [0.1, 0.15) is 5.82 Å². The van der Waals surface area contributed by atoms with Gasteiger partial charge in [-0.25, -0.2) is 4.39 Å². The molecule has 2 N–H and O–H groups in total. The molecule has 1 atom stereocenters. The highest BCUT2D eigenvalue weighted by Gasteiger charge is 2.33. The molecule has 1 aromatic rings. The minimum atomic E-state index is -4.46. The first-order valence-electron chi connectivity index (χ1n) is 4.95. The lowest BCUT2D eigenvalue weighted by Crippen LogP contribution is -2.23. The summed E-state index contributed by atoms with van der Waals surface area (Å²) in [6, 6.07) is 2.08. The number of nitrogens with two attached hydrogens (primary N) is 1. The van der Waals surface area contributed by atoms with Crippen LogP contribution in [0.3, 0.4) is 0 Å². The van der Waals surface area contributed by atoms with Crippen LogP contribution >= 0.6 is 0 Å². The van der Waals surface area contributed by atoms with Gasteiger partial charge in [0.25, 0.3) is 0 Å². The molecule has 5 heteroatoms. The van der Waals surface area contributed by atoms with E-state index in [0.717, 1.165) is 18.2 Å². The average molecular weight is 235 g/mol. The molecule has 1 nitrogen and oxygen atoms in total. The van der Waals surface area contributed by atoms with E-state index in [0.29, 0.717) is 6.42 Å². The van der Waals surface area contributed by atoms with E-state index in [1.807, 2.05) is 0 Å². The van der Waals surface area contributed by atoms with E-state index in [2.05, 4.69) is 0 Å². The second kappa shape index (κ2) is 4.82. The summed E-state index contributed by atoms with van der Waals surface area (Å²) >= 11 is 0. The molecule has 0 aliphatic heterocycles. The molecule has 0 aliphatic carbocycles. The Balaban J connectivity index is 3.09. The first-order valence-corrected chi connectivity index (χ1v) is 4.95. The van der Waals surface area contributed by atoms with Crippen LogP contribution in [0.2, 0.25) is 0 Å². The summed E-state index contributed by atoms with van der Waals surface area (Å²) in [4.78, 5) is 0. The van der Waals surface area contributed by atoms with Crippen LogP contribution in [0, 0.1) is 5.82 Å². The lowest BCUT2D eigenvalue weighted by atomic mass is 9.99. The van der Waals surface area contributed by atoms with Gasteiger partial charge in [-0.2, -0.15) is 13.2 Å². The topological polar surface area (TPSA) is 26.0 Å². The Morgan fingerprint density at radius 1 is 1.31 bits per heavy atom. The minimum absolute atomic E-state index is 0.0309. The number of alkyl halides is 3. The average Bonchev–Trinajstić information content (AvgIpc) is 2.15. The summed E-state index contributed by atoms with van der Waals surface area (Å²) in [7, 11) is 0. The second-order valence-electron chi connectivity index (χ2n) is 3.67. The van der Waals surface area contributed by atoms with Gasteiger partial charge in [0.2, 0.25) is 0 Å². The van der Waals surface area contributed by atoms with Gasteiger partial charge < -0.3 is 5.73 Å². The van der Waals surface area contributed by atoms with Crippen molar-refractivity contribution in [3.05, 3.63) is 35.1 Å². The fraction of sp³-hybridized carbons (Fsp3) is 0.455. The van der Waals surface area contributed by atoms with E-state index < -0.39 is 17.6 Å². The van der Waals surface area contributed by atoms with Gasteiger partial charge in [-0.05, 0) is 36.6 Å². The molecule has 0 aromatic heterocycles. The maximum atomic E-state index is 12.9. The quantitative estimate of drug-likeness (QED) is 0.800. The van der Waals surface area contributed by atoms with Crippen LogP contribution in [0.25, 0.3) is 0 Å². The second-order valence-corrected chi connectivity index (χ2v) is 3.67. The van der Waals surface area contributed by atoms with Gasteiger partial charge in [-0.3, -0.25) is 0 Å². The van der Waals surface area contributed by atoms with Gasteiger partial charge in [0.05, 0.1) is 5.56 Å². The number of rotatable bonds is 3. The predicted molar refractivity (Wildman–Crippen MR) is 53.4 cm³/mol. The Kier molecular flexibility index (Phi) is 3.91. The van der Waals surface area contributed by atoms with Crippen molar-refractivity contribution in [2.24, 2.45) is 5.73 Å². The molecule has 1 aromatic carbocycles. The molecule has 0 amide bonds. The number of hydrogen-bond acceptors (Lipinski definition) is 1. The first kappa shape index (κ1) is 13.0. The molecule has 0 saturated heterocycles. The molecular weight excluding hydrogens is 222 g/mol. The summed E-state index contributed by atoms with van der Waals surface area (Å²) < 4.78 is 50.6. The normalized spacial score (nSPS) is 13.9. The van der Waals surface area contributed by atoms with Gasteiger partial charge in [-0.1, -0.05) is 6.92 Å². The van der Waals surface area contributed by atoms with Crippen LogP contribution in [-0.2, 0) is 12.6 Å². The van der Waals surface area contributed by atoms with Crippen molar-refractivity contribution in [3.8, 4) is 0 Å². The molecule has 0 spiro atoms. The third-order valence-electron chi connectivity index (χ3n) is 2.38. The van der Waals surface area contributed by atoms with Crippen molar-refractivity contribution < 1.29 is 17.6 Å². The summed E-state index contributed by atoms with van der Waals surface area (Å²) in [5.41, 5.74) is 4.69. The Hall–Kier alpha value is -1.10. The molecule has 0 heterocycles. The smallest absolute Gasteiger partial charge is 0.327 e. The molecule has 1 rings (SSSR count). The van der Waals surface area contributed by atoms with Crippen molar-refractivity contribution in [2.75, 3.05) is 0 Å². The summed E-state index contributed by atoms with van der Waals surface area (Å²) in [6.07, 6.45) is -3.88. The van der Waals surface area contributed by atoms with Crippen LogP contribution in [0.4, 0.5) is 17.6 Å². The molecule has 90 valence electrons. The molecule has 0 radical (unpaired) electrons. The Morgan fingerprint density at radius 3 is 2.44 bits per heavy atom. The minimum Gasteiger partial charge on any atom is -0.327 e. The van der Waals surface area contributed by atoms with E-state index in [4.69, 9.17) is 5.73 Å². The van der Waals surface area contributed by atoms with Crippen molar-refractivity contribution in [2.45, 2.75) is 32.0 Å². The molecule has 0 fully saturated rings. The summed E-state index contributed by atoms with van der Waals surface area (Å²) in [5, 5.41) is 0. The SMILES string of the molecule is CCC(N)Cc1cc(F)ccc1C(F)(F)F. The summed E-state index contributed by atoms with van der Waals surface area (Å²) in [6.45, 7) is 1.78. The lowest BCUT2D eigenvalue weighted by molar-refractivity contribution is -0.138. The van der Waals surface area contributed by atoms with E-state index in [-0.39, 0.29) is 18.0 Å². The van der Waals surface area contributed by atoms with Crippen molar-refractivity contribution in [1.29, 1.82) is 0 Å². The van der Waals surface area contributed by atoms with E-state index in [1.54, 1.807) is 6.92 Å². The number of hydrogen-bond donors (Lipinski definition) is 1. The van der Waals surface area contributed by atoms with E-state index in [1.165, 1.54) is 0 Å². The highest BCUT2D eigenvalue weighted by molar-refractivity contribution is 5.31. The third-order valence-corrected chi connectivity index (χ3v) is 2.38. The lowest BCUT2D eigenvalue weighted by Gasteiger charge is -2.15. The highest BCUT2D eigenvalue weighted by Crippen LogP contribution is 2.32. The van der Waals surface area contributed by atoms with Gasteiger partial charge in [0, 0.05) is 6.04 Å². The molecule has 0 aliphatic rings. The monoisotopic (exact) mass is 235 g/mol. The fourth-order valence-electron chi connectivity index (χ4n) is 1.43. The molecule has 16 heavy (non-hydrogen) atoms. The predicted octanol–water partition coefficient (Wildman–Crippen LogP) is 3.12.